The molecule has 2 rings (SSSR count). The predicted molar refractivity (Wildman–Crippen MR) is 93.8 cm³/mol. The predicted octanol–water partition coefficient (Wildman–Crippen LogP) is 2.43. The Morgan fingerprint density at radius 3 is 2.50 bits per heavy atom. The Morgan fingerprint density at radius 1 is 1.25 bits per heavy atom. The highest BCUT2D eigenvalue weighted by atomic mass is 32.2. The van der Waals surface area contributed by atoms with E-state index in [-0.39, 0.29) is 10.8 Å². The lowest BCUT2D eigenvalue weighted by molar-refractivity contribution is 0.414. The average Bonchev–Trinajstić information content (AvgIpc) is 2.82. The Hall–Kier alpha value is -1.86. The maximum absolute atomic E-state index is 12.5. The summed E-state index contributed by atoms with van der Waals surface area (Å²) in [6.07, 6.45) is 0. The standard InChI is InChI=1S/C17H25N3O3S/c1-12(11-20-15(4)9-14(3)19-20)10-18-24(21,22)17-7-6-16(23-5)8-13(17)2/h6-9,12,18H,10-11H2,1-5H3. The monoisotopic (exact) mass is 351 g/mol. The van der Waals surface area contributed by atoms with Crippen molar-refractivity contribution in [2.75, 3.05) is 13.7 Å². The topological polar surface area (TPSA) is 73.2 Å². The molecule has 0 saturated heterocycles. The number of aryl methyl sites for hydroxylation is 3. The molecule has 6 nitrogen and oxygen atoms in total. The second-order valence-corrected chi connectivity index (χ2v) is 7.93. The number of benzene rings is 1. The van der Waals surface area contributed by atoms with E-state index < -0.39 is 10.0 Å². The molecule has 0 amide bonds. The van der Waals surface area contributed by atoms with Gasteiger partial charge in [-0.05, 0) is 56.5 Å². The first-order valence-corrected chi connectivity index (χ1v) is 9.36. The fourth-order valence-corrected chi connectivity index (χ4v) is 3.99. The van der Waals surface area contributed by atoms with Crippen molar-refractivity contribution in [3.8, 4) is 5.75 Å². The van der Waals surface area contributed by atoms with Crippen molar-refractivity contribution >= 4 is 10.0 Å². The second-order valence-electron chi connectivity index (χ2n) is 6.20. The molecule has 1 atom stereocenters. The number of sulfonamides is 1. The normalized spacial score (nSPS) is 13.0. The van der Waals surface area contributed by atoms with Crippen LogP contribution < -0.4 is 9.46 Å². The lowest BCUT2D eigenvalue weighted by Gasteiger charge is -2.15. The number of hydrogen-bond acceptors (Lipinski definition) is 4. The molecule has 132 valence electrons. The third kappa shape index (κ3) is 4.36. The largest absolute Gasteiger partial charge is 0.497 e. The van der Waals surface area contributed by atoms with Gasteiger partial charge in [0.1, 0.15) is 5.75 Å². The molecule has 0 aliphatic carbocycles. The maximum Gasteiger partial charge on any atom is 0.240 e. The van der Waals surface area contributed by atoms with E-state index in [2.05, 4.69) is 9.82 Å². The smallest absolute Gasteiger partial charge is 0.240 e. The quantitative estimate of drug-likeness (QED) is 0.831. The number of nitrogens with one attached hydrogen (secondary N) is 1. The summed E-state index contributed by atoms with van der Waals surface area (Å²) in [4.78, 5) is 0.279. The summed E-state index contributed by atoms with van der Waals surface area (Å²) in [5.41, 5.74) is 2.70. The van der Waals surface area contributed by atoms with Crippen molar-refractivity contribution in [2.45, 2.75) is 39.1 Å². The number of methoxy groups -OCH3 is 1. The number of aromatic nitrogens is 2. The van der Waals surface area contributed by atoms with Gasteiger partial charge in [-0.3, -0.25) is 4.68 Å². The Bertz CT molecular complexity index is 812. The molecule has 7 heteroatoms. The third-order valence-corrected chi connectivity index (χ3v) is 5.47. The van der Waals surface area contributed by atoms with Crippen molar-refractivity contribution in [1.82, 2.24) is 14.5 Å². The first-order valence-electron chi connectivity index (χ1n) is 7.88. The summed E-state index contributed by atoms with van der Waals surface area (Å²) >= 11 is 0. The molecule has 1 N–H and O–H groups in total. The first-order chi connectivity index (χ1) is 11.2. The fourth-order valence-electron chi connectivity index (χ4n) is 2.60. The number of nitrogens with zero attached hydrogens (tertiary/aromatic N) is 2. The van der Waals surface area contributed by atoms with Crippen LogP contribution in [0.3, 0.4) is 0 Å². The van der Waals surface area contributed by atoms with Gasteiger partial charge in [-0.15, -0.1) is 0 Å². The minimum absolute atomic E-state index is 0.122. The molecule has 0 spiro atoms. The lowest BCUT2D eigenvalue weighted by atomic mass is 10.2. The second kappa shape index (κ2) is 7.36. The van der Waals surface area contributed by atoms with Crippen molar-refractivity contribution < 1.29 is 13.2 Å². The molecule has 0 aliphatic heterocycles. The van der Waals surface area contributed by atoms with Crippen LogP contribution in [0.25, 0.3) is 0 Å². The van der Waals surface area contributed by atoms with Gasteiger partial charge in [0, 0.05) is 18.8 Å². The zero-order chi connectivity index (χ0) is 17.9. The van der Waals surface area contributed by atoms with Crippen LogP contribution in [0.4, 0.5) is 0 Å². The van der Waals surface area contributed by atoms with E-state index >= 15 is 0 Å². The highest BCUT2D eigenvalue weighted by Gasteiger charge is 2.18. The minimum atomic E-state index is -3.54. The van der Waals surface area contributed by atoms with E-state index in [0.717, 1.165) is 11.4 Å². The van der Waals surface area contributed by atoms with E-state index in [1.54, 1.807) is 32.2 Å². The van der Waals surface area contributed by atoms with Gasteiger partial charge in [-0.2, -0.15) is 5.10 Å². The SMILES string of the molecule is COc1ccc(S(=O)(=O)NCC(C)Cn2nc(C)cc2C)c(C)c1. The molecule has 24 heavy (non-hydrogen) atoms. The number of rotatable bonds is 7. The Kier molecular flexibility index (Phi) is 5.66. The maximum atomic E-state index is 12.5. The van der Waals surface area contributed by atoms with Crippen LogP contribution in [0.5, 0.6) is 5.75 Å². The van der Waals surface area contributed by atoms with E-state index in [4.69, 9.17) is 4.74 Å². The number of hydrogen-bond donors (Lipinski definition) is 1. The summed E-state index contributed by atoms with van der Waals surface area (Å²) < 4.78 is 34.7. The highest BCUT2D eigenvalue weighted by molar-refractivity contribution is 7.89. The van der Waals surface area contributed by atoms with Crippen molar-refractivity contribution in [1.29, 1.82) is 0 Å². The van der Waals surface area contributed by atoms with Crippen LogP contribution in [-0.2, 0) is 16.6 Å². The van der Waals surface area contributed by atoms with E-state index in [1.807, 2.05) is 31.5 Å². The molecule has 0 saturated carbocycles. The molecule has 0 aliphatic rings. The first kappa shape index (κ1) is 18.5. The summed E-state index contributed by atoms with van der Waals surface area (Å²) in [6.45, 7) is 8.73. The van der Waals surface area contributed by atoms with Gasteiger partial charge in [-0.1, -0.05) is 6.92 Å². The molecule has 0 radical (unpaired) electrons. The van der Waals surface area contributed by atoms with Crippen LogP contribution in [0.2, 0.25) is 0 Å². The van der Waals surface area contributed by atoms with Crippen LogP contribution in [0, 0.1) is 26.7 Å². The van der Waals surface area contributed by atoms with Crippen LogP contribution in [0.15, 0.2) is 29.2 Å². The van der Waals surface area contributed by atoms with Gasteiger partial charge in [0.25, 0.3) is 0 Å². The summed E-state index contributed by atoms with van der Waals surface area (Å²) in [7, 11) is -1.99. The van der Waals surface area contributed by atoms with Crippen molar-refractivity contribution in [3.05, 3.63) is 41.2 Å². The van der Waals surface area contributed by atoms with Gasteiger partial charge in [0.2, 0.25) is 10.0 Å². The molecule has 1 aromatic heterocycles. The Morgan fingerprint density at radius 2 is 1.96 bits per heavy atom. The average molecular weight is 351 g/mol. The van der Waals surface area contributed by atoms with Gasteiger partial charge in [0.15, 0.2) is 0 Å². The van der Waals surface area contributed by atoms with Crippen molar-refractivity contribution in [3.63, 3.8) is 0 Å². The van der Waals surface area contributed by atoms with Crippen molar-refractivity contribution in [2.24, 2.45) is 5.92 Å². The molecular formula is C17H25N3O3S. The highest BCUT2D eigenvalue weighted by Crippen LogP contribution is 2.21. The third-order valence-electron chi connectivity index (χ3n) is 3.88. The minimum Gasteiger partial charge on any atom is -0.497 e. The summed E-state index contributed by atoms with van der Waals surface area (Å²) in [6, 6.07) is 6.95. The van der Waals surface area contributed by atoms with Crippen LogP contribution in [0.1, 0.15) is 23.9 Å². The van der Waals surface area contributed by atoms with Crippen LogP contribution >= 0.6 is 0 Å². The molecule has 1 unspecified atom stereocenters. The molecule has 1 aromatic carbocycles. The van der Waals surface area contributed by atoms with Gasteiger partial charge in [-0.25, -0.2) is 13.1 Å². The zero-order valence-corrected chi connectivity index (χ0v) is 15.6. The van der Waals surface area contributed by atoms with E-state index in [1.165, 1.54) is 0 Å². The van der Waals surface area contributed by atoms with Gasteiger partial charge < -0.3 is 4.74 Å². The molecule has 2 aromatic rings. The summed E-state index contributed by atoms with van der Waals surface area (Å²) in [5.74, 6) is 0.765. The zero-order valence-electron chi connectivity index (χ0n) is 14.8. The van der Waals surface area contributed by atoms with Crippen LogP contribution in [-0.4, -0.2) is 31.9 Å². The van der Waals surface area contributed by atoms with Gasteiger partial charge in [0.05, 0.1) is 17.7 Å². The molecule has 1 heterocycles. The fraction of sp³-hybridized carbons (Fsp3) is 0.471. The Labute approximate surface area is 143 Å². The lowest BCUT2D eigenvalue weighted by Crippen LogP contribution is -2.30. The number of ether oxygens (including phenoxy) is 1. The molecule has 0 fully saturated rings. The molecular weight excluding hydrogens is 326 g/mol. The van der Waals surface area contributed by atoms with E-state index in [9.17, 15) is 8.42 Å². The summed E-state index contributed by atoms with van der Waals surface area (Å²) in [5, 5.41) is 4.41. The molecule has 0 bridgehead atoms. The van der Waals surface area contributed by atoms with Gasteiger partial charge >= 0.3 is 0 Å². The van der Waals surface area contributed by atoms with E-state index in [0.29, 0.717) is 24.4 Å². The Balaban J connectivity index is 2.03.